The molecule has 108 valence electrons. The van der Waals surface area contributed by atoms with Gasteiger partial charge in [-0.3, -0.25) is 0 Å². The van der Waals surface area contributed by atoms with E-state index in [1.54, 1.807) is 0 Å². The summed E-state index contributed by atoms with van der Waals surface area (Å²) in [5.41, 5.74) is 1.31. The lowest BCUT2D eigenvalue weighted by molar-refractivity contribution is -0.686. The minimum Gasteiger partial charge on any atom is -0.493 e. The van der Waals surface area contributed by atoms with Gasteiger partial charge >= 0.3 is 0 Å². The molecule has 2 heteroatoms. The highest BCUT2D eigenvalue weighted by Gasteiger charge is 2.06. The minimum absolute atomic E-state index is 0.523. The summed E-state index contributed by atoms with van der Waals surface area (Å²) in [5, 5.41) is 2.43. The van der Waals surface area contributed by atoms with Gasteiger partial charge in [-0.25, -0.2) is 0 Å². The van der Waals surface area contributed by atoms with E-state index in [4.69, 9.17) is 4.74 Å². The van der Waals surface area contributed by atoms with Gasteiger partial charge in [-0.1, -0.05) is 39.0 Å². The number of ether oxygens (including phenoxy) is 1. The van der Waals surface area contributed by atoms with Crippen molar-refractivity contribution in [3.63, 3.8) is 0 Å². The number of rotatable bonds is 9. The van der Waals surface area contributed by atoms with Gasteiger partial charge < -0.3 is 10.1 Å². The third-order valence-electron chi connectivity index (χ3n) is 3.61. The molecule has 0 aliphatic rings. The maximum Gasteiger partial charge on any atom is 0.122 e. The van der Waals surface area contributed by atoms with E-state index < -0.39 is 0 Å². The average Bonchev–Trinajstić information content (AvgIpc) is 2.42. The molecular formula is C17H30NO+. The molecule has 19 heavy (non-hydrogen) atoms. The summed E-state index contributed by atoms with van der Waals surface area (Å²) < 4.78 is 5.92. The van der Waals surface area contributed by atoms with E-state index in [-0.39, 0.29) is 0 Å². The van der Waals surface area contributed by atoms with Crippen molar-refractivity contribution in [3.05, 3.63) is 29.8 Å². The molecule has 0 amide bonds. The molecule has 0 saturated heterocycles. The van der Waals surface area contributed by atoms with Gasteiger partial charge in [0.15, 0.2) is 0 Å². The summed E-state index contributed by atoms with van der Waals surface area (Å²) in [7, 11) is 0. The Morgan fingerprint density at radius 1 is 1.11 bits per heavy atom. The van der Waals surface area contributed by atoms with Crippen LogP contribution < -0.4 is 10.1 Å². The quantitative estimate of drug-likeness (QED) is 0.680. The highest BCUT2D eigenvalue weighted by Crippen LogP contribution is 2.25. The fourth-order valence-electron chi connectivity index (χ4n) is 2.09. The van der Waals surface area contributed by atoms with Gasteiger partial charge in [-0.05, 0) is 43.7 Å². The fraction of sp³-hybridized carbons (Fsp3) is 0.647. The monoisotopic (exact) mass is 264 g/mol. The van der Waals surface area contributed by atoms with Crippen LogP contribution in [0.15, 0.2) is 24.3 Å². The Labute approximate surface area is 118 Å². The maximum atomic E-state index is 5.92. The van der Waals surface area contributed by atoms with E-state index in [0.29, 0.717) is 5.92 Å². The minimum atomic E-state index is 0.523. The first-order valence-corrected chi connectivity index (χ1v) is 7.70. The number of unbranched alkanes of at least 4 members (excludes halogenated alkanes) is 1. The van der Waals surface area contributed by atoms with Crippen molar-refractivity contribution in [1.29, 1.82) is 0 Å². The smallest absolute Gasteiger partial charge is 0.122 e. The summed E-state index contributed by atoms with van der Waals surface area (Å²) in [6, 6.07) is 9.14. The van der Waals surface area contributed by atoms with E-state index in [0.717, 1.165) is 24.8 Å². The SMILES string of the molecule is CC[C@H](C)[NH2+]CCCCOc1ccccc1C(C)C. The predicted octanol–water partition coefficient (Wildman–Crippen LogP) is 3.33. The van der Waals surface area contributed by atoms with E-state index in [1.165, 1.54) is 24.9 Å². The van der Waals surface area contributed by atoms with Crippen LogP contribution in [-0.2, 0) is 0 Å². The van der Waals surface area contributed by atoms with E-state index in [1.807, 2.05) is 0 Å². The lowest BCUT2D eigenvalue weighted by Crippen LogP contribution is -2.89. The molecule has 0 aliphatic carbocycles. The number of quaternary nitrogens is 1. The molecule has 0 unspecified atom stereocenters. The fourth-order valence-corrected chi connectivity index (χ4v) is 2.09. The second-order valence-electron chi connectivity index (χ2n) is 5.66. The average molecular weight is 264 g/mol. The normalized spacial score (nSPS) is 12.7. The predicted molar refractivity (Wildman–Crippen MR) is 81.8 cm³/mol. The zero-order chi connectivity index (χ0) is 14.1. The van der Waals surface area contributed by atoms with E-state index >= 15 is 0 Å². The summed E-state index contributed by atoms with van der Waals surface area (Å²) in [6.07, 6.45) is 3.62. The van der Waals surface area contributed by atoms with Crippen molar-refractivity contribution < 1.29 is 10.1 Å². The third-order valence-corrected chi connectivity index (χ3v) is 3.61. The van der Waals surface area contributed by atoms with Gasteiger partial charge in [0, 0.05) is 0 Å². The Morgan fingerprint density at radius 2 is 1.84 bits per heavy atom. The third kappa shape index (κ3) is 6.11. The zero-order valence-electron chi connectivity index (χ0n) is 13.0. The van der Waals surface area contributed by atoms with Crippen LogP contribution in [-0.4, -0.2) is 19.2 Å². The first-order chi connectivity index (χ1) is 9.15. The van der Waals surface area contributed by atoms with Crippen molar-refractivity contribution in [1.82, 2.24) is 0 Å². The summed E-state index contributed by atoms with van der Waals surface area (Å²) in [4.78, 5) is 0. The Morgan fingerprint density at radius 3 is 2.53 bits per heavy atom. The van der Waals surface area contributed by atoms with Gasteiger partial charge in [0.1, 0.15) is 5.75 Å². The first kappa shape index (κ1) is 16.0. The molecule has 0 spiro atoms. The lowest BCUT2D eigenvalue weighted by atomic mass is 10.0. The van der Waals surface area contributed by atoms with Crippen LogP contribution in [0.2, 0.25) is 0 Å². The summed E-state index contributed by atoms with van der Waals surface area (Å²) >= 11 is 0. The molecule has 1 atom stereocenters. The molecule has 0 aromatic heterocycles. The molecule has 2 N–H and O–H groups in total. The van der Waals surface area contributed by atoms with Crippen molar-refractivity contribution in [2.75, 3.05) is 13.2 Å². The molecule has 0 saturated carbocycles. The molecule has 0 heterocycles. The van der Waals surface area contributed by atoms with Gasteiger partial charge in [-0.2, -0.15) is 0 Å². The molecule has 1 rings (SSSR count). The van der Waals surface area contributed by atoms with Crippen LogP contribution in [0.1, 0.15) is 58.4 Å². The summed E-state index contributed by atoms with van der Waals surface area (Å²) in [6.45, 7) is 11.0. The summed E-state index contributed by atoms with van der Waals surface area (Å²) in [5.74, 6) is 1.58. The molecular weight excluding hydrogens is 234 g/mol. The largest absolute Gasteiger partial charge is 0.493 e. The van der Waals surface area contributed by atoms with Crippen LogP contribution in [0.3, 0.4) is 0 Å². The number of benzene rings is 1. The Balaban J connectivity index is 2.23. The topological polar surface area (TPSA) is 25.8 Å². The molecule has 2 nitrogen and oxygen atoms in total. The van der Waals surface area contributed by atoms with Crippen molar-refractivity contribution in [2.45, 2.75) is 58.9 Å². The number of nitrogens with two attached hydrogens (primary N) is 1. The van der Waals surface area contributed by atoms with Gasteiger partial charge in [0.25, 0.3) is 0 Å². The van der Waals surface area contributed by atoms with Gasteiger partial charge in [0.2, 0.25) is 0 Å². The molecule has 0 radical (unpaired) electrons. The molecule has 1 aromatic rings. The zero-order valence-corrected chi connectivity index (χ0v) is 13.0. The lowest BCUT2D eigenvalue weighted by Gasteiger charge is -2.13. The van der Waals surface area contributed by atoms with Crippen molar-refractivity contribution in [2.24, 2.45) is 0 Å². The maximum absolute atomic E-state index is 5.92. The van der Waals surface area contributed by atoms with Crippen LogP contribution in [0.5, 0.6) is 5.75 Å². The highest BCUT2D eigenvalue weighted by atomic mass is 16.5. The first-order valence-electron chi connectivity index (χ1n) is 7.70. The highest BCUT2D eigenvalue weighted by molar-refractivity contribution is 5.35. The second-order valence-corrected chi connectivity index (χ2v) is 5.66. The Kier molecular flexibility index (Phi) is 7.57. The van der Waals surface area contributed by atoms with Crippen LogP contribution in [0, 0.1) is 0 Å². The van der Waals surface area contributed by atoms with E-state index in [9.17, 15) is 0 Å². The van der Waals surface area contributed by atoms with Crippen molar-refractivity contribution >= 4 is 0 Å². The van der Waals surface area contributed by atoms with E-state index in [2.05, 4.69) is 57.3 Å². The second kappa shape index (κ2) is 8.98. The van der Waals surface area contributed by atoms with Gasteiger partial charge in [-0.15, -0.1) is 0 Å². The Bertz CT molecular complexity index is 349. The number of hydrogen-bond acceptors (Lipinski definition) is 1. The van der Waals surface area contributed by atoms with Crippen LogP contribution >= 0.6 is 0 Å². The van der Waals surface area contributed by atoms with Crippen LogP contribution in [0.4, 0.5) is 0 Å². The van der Waals surface area contributed by atoms with Gasteiger partial charge in [0.05, 0.1) is 19.2 Å². The number of para-hydroxylation sites is 1. The molecule has 0 aliphatic heterocycles. The van der Waals surface area contributed by atoms with Crippen LogP contribution in [0.25, 0.3) is 0 Å². The molecule has 0 bridgehead atoms. The molecule has 0 fully saturated rings. The standard InChI is InChI=1S/C17H29NO/c1-5-15(4)18-12-8-9-13-19-17-11-7-6-10-16(17)14(2)3/h6-7,10-11,14-15,18H,5,8-9,12-13H2,1-4H3/p+1/t15-/m0/s1. The Hall–Kier alpha value is -1.02. The number of hydrogen-bond donors (Lipinski definition) is 1. The van der Waals surface area contributed by atoms with Crippen molar-refractivity contribution in [3.8, 4) is 5.75 Å². The molecule has 1 aromatic carbocycles.